The highest BCUT2D eigenvalue weighted by Crippen LogP contribution is 2.24. The Labute approximate surface area is 125 Å². The molecule has 5 nitrogen and oxygen atoms in total. The number of hydrogen-bond donors (Lipinski definition) is 0. The van der Waals surface area contributed by atoms with Crippen LogP contribution in [0.25, 0.3) is 28.1 Å². The molecule has 0 aliphatic heterocycles. The summed E-state index contributed by atoms with van der Waals surface area (Å²) >= 11 is 1.55. The third-order valence-electron chi connectivity index (χ3n) is 3.23. The molecule has 102 valence electrons. The summed E-state index contributed by atoms with van der Waals surface area (Å²) in [5.41, 5.74) is 2.50. The summed E-state index contributed by atoms with van der Waals surface area (Å²) in [5.74, 6) is 0.615. The second kappa shape index (κ2) is 4.82. The van der Waals surface area contributed by atoms with E-state index in [0.717, 1.165) is 27.4 Å². The molecule has 0 radical (unpaired) electrons. The van der Waals surface area contributed by atoms with Crippen LogP contribution in [0.2, 0.25) is 0 Å². The van der Waals surface area contributed by atoms with Crippen molar-refractivity contribution in [1.82, 2.24) is 24.6 Å². The summed E-state index contributed by atoms with van der Waals surface area (Å²) in [6.07, 6.45) is 3.73. The number of benzene rings is 1. The molecule has 0 fully saturated rings. The summed E-state index contributed by atoms with van der Waals surface area (Å²) < 4.78 is 1.79. The van der Waals surface area contributed by atoms with Gasteiger partial charge in [0.1, 0.15) is 5.69 Å². The molecule has 0 bridgehead atoms. The SMILES string of the molecule is CSc1nc2ccccc2c2nc(-c3ccccn3)nn12. The lowest BCUT2D eigenvalue weighted by Gasteiger charge is -2.02. The summed E-state index contributed by atoms with van der Waals surface area (Å²) in [6.45, 7) is 0. The van der Waals surface area contributed by atoms with Gasteiger partial charge in [0.25, 0.3) is 0 Å². The van der Waals surface area contributed by atoms with Crippen LogP contribution in [-0.2, 0) is 0 Å². The minimum absolute atomic E-state index is 0.615. The van der Waals surface area contributed by atoms with Gasteiger partial charge in [-0.2, -0.15) is 4.52 Å². The first kappa shape index (κ1) is 12.3. The van der Waals surface area contributed by atoms with Crippen molar-refractivity contribution in [2.75, 3.05) is 6.26 Å². The molecule has 0 spiro atoms. The highest BCUT2D eigenvalue weighted by molar-refractivity contribution is 7.98. The molecule has 0 aliphatic carbocycles. The molecule has 0 atom stereocenters. The van der Waals surface area contributed by atoms with Crippen molar-refractivity contribution in [2.45, 2.75) is 5.16 Å². The van der Waals surface area contributed by atoms with Gasteiger partial charge in [-0.25, -0.2) is 9.97 Å². The third kappa shape index (κ3) is 1.95. The van der Waals surface area contributed by atoms with E-state index < -0.39 is 0 Å². The largest absolute Gasteiger partial charge is 0.253 e. The van der Waals surface area contributed by atoms with Crippen molar-refractivity contribution in [3.05, 3.63) is 48.7 Å². The van der Waals surface area contributed by atoms with Crippen LogP contribution >= 0.6 is 11.8 Å². The Morgan fingerprint density at radius 1 is 1.00 bits per heavy atom. The minimum Gasteiger partial charge on any atom is -0.253 e. The second-order valence-electron chi connectivity index (χ2n) is 4.50. The molecule has 1 aromatic carbocycles. The van der Waals surface area contributed by atoms with E-state index in [1.54, 1.807) is 22.5 Å². The zero-order valence-electron chi connectivity index (χ0n) is 11.3. The molecular weight excluding hydrogens is 282 g/mol. The Morgan fingerprint density at radius 2 is 1.86 bits per heavy atom. The molecule has 3 heterocycles. The van der Waals surface area contributed by atoms with Crippen molar-refractivity contribution in [3.63, 3.8) is 0 Å². The van der Waals surface area contributed by atoms with Crippen LogP contribution in [0, 0.1) is 0 Å². The number of rotatable bonds is 2. The molecule has 6 heteroatoms. The van der Waals surface area contributed by atoms with Gasteiger partial charge in [0.15, 0.2) is 10.8 Å². The smallest absolute Gasteiger partial charge is 0.200 e. The molecule has 4 aromatic rings. The number of para-hydroxylation sites is 1. The van der Waals surface area contributed by atoms with E-state index in [-0.39, 0.29) is 0 Å². The van der Waals surface area contributed by atoms with Gasteiger partial charge in [-0.15, -0.1) is 5.10 Å². The van der Waals surface area contributed by atoms with Crippen LogP contribution in [0.5, 0.6) is 0 Å². The zero-order chi connectivity index (χ0) is 14.2. The normalized spacial score (nSPS) is 11.3. The number of nitrogens with zero attached hydrogens (tertiary/aromatic N) is 5. The predicted molar refractivity (Wildman–Crippen MR) is 83.3 cm³/mol. The zero-order valence-corrected chi connectivity index (χ0v) is 12.1. The number of pyridine rings is 1. The van der Waals surface area contributed by atoms with E-state index in [2.05, 4.69) is 20.1 Å². The van der Waals surface area contributed by atoms with Gasteiger partial charge >= 0.3 is 0 Å². The number of fused-ring (bicyclic) bond motifs is 3. The fourth-order valence-electron chi connectivity index (χ4n) is 2.27. The Kier molecular flexibility index (Phi) is 2.82. The quantitative estimate of drug-likeness (QED) is 0.420. The highest BCUT2D eigenvalue weighted by atomic mass is 32.2. The highest BCUT2D eigenvalue weighted by Gasteiger charge is 2.14. The van der Waals surface area contributed by atoms with Crippen LogP contribution in [0.3, 0.4) is 0 Å². The lowest BCUT2D eigenvalue weighted by Crippen LogP contribution is -1.97. The van der Waals surface area contributed by atoms with Gasteiger partial charge in [-0.1, -0.05) is 30.0 Å². The number of thioether (sulfide) groups is 1. The lowest BCUT2D eigenvalue weighted by atomic mass is 10.2. The van der Waals surface area contributed by atoms with E-state index in [0.29, 0.717) is 5.82 Å². The first-order valence-electron chi connectivity index (χ1n) is 6.48. The second-order valence-corrected chi connectivity index (χ2v) is 5.27. The van der Waals surface area contributed by atoms with Gasteiger partial charge in [0, 0.05) is 11.6 Å². The maximum absolute atomic E-state index is 4.66. The molecule has 0 unspecified atom stereocenters. The first-order chi connectivity index (χ1) is 10.4. The van der Waals surface area contributed by atoms with Gasteiger partial charge < -0.3 is 0 Å². The summed E-state index contributed by atoms with van der Waals surface area (Å²) in [7, 11) is 0. The fraction of sp³-hybridized carbons (Fsp3) is 0.0667. The third-order valence-corrected chi connectivity index (χ3v) is 3.86. The van der Waals surface area contributed by atoms with E-state index in [1.807, 2.05) is 48.7 Å². The maximum atomic E-state index is 4.66. The summed E-state index contributed by atoms with van der Waals surface area (Å²) in [4.78, 5) is 13.6. The van der Waals surface area contributed by atoms with Gasteiger partial charge in [0.05, 0.1) is 5.52 Å². The first-order valence-corrected chi connectivity index (χ1v) is 7.70. The molecule has 0 saturated carbocycles. The van der Waals surface area contributed by atoms with Crippen LogP contribution in [-0.4, -0.2) is 30.8 Å². The molecule has 0 aliphatic rings. The Balaban J connectivity index is 2.08. The molecule has 21 heavy (non-hydrogen) atoms. The molecule has 4 rings (SSSR count). The van der Waals surface area contributed by atoms with E-state index in [9.17, 15) is 0 Å². The van der Waals surface area contributed by atoms with Crippen molar-refractivity contribution in [1.29, 1.82) is 0 Å². The van der Waals surface area contributed by atoms with Gasteiger partial charge in [0.2, 0.25) is 5.82 Å². The van der Waals surface area contributed by atoms with E-state index >= 15 is 0 Å². The maximum Gasteiger partial charge on any atom is 0.200 e. The van der Waals surface area contributed by atoms with Crippen LogP contribution in [0.1, 0.15) is 0 Å². The van der Waals surface area contributed by atoms with E-state index in [4.69, 9.17) is 0 Å². The monoisotopic (exact) mass is 293 g/mol. The molecular formula is C15H11N5S. The van der Waals surface area contributed by atoms with Crippen LogP contribution in [0.15, 0.2) is 53.8 Å². The average Bonchev–Trinajstić information content (AvgIpc) is 3.00. The standard InChI is InChI=1S/C15H11N5S/c1-21-15-17-11-7-3-2-6-10(11)14-18-13(19-20(14)15)12-8-4-5-9-16-12/h2-9H,1H3. The van der Waals surface area contributed by atoms with Crippen molar-refractivity contribution >= 4 is 28.3 Å². The fourth-order valence-corrected chi connectivity index (χ4v) is 2.76. The molecule has 0 saturated heterocycles. The Hall–Kier alpha value is -2.47. The number of aromatic nitrogens is 5. The molecule has 3 aromatic heterocycles. The molecule has 0 amide bonds. The van der Waals surface area contributed by atoms with E-state index in [1.165, 1.54) is 0 Å². The molecule has 0 N–H and O–H groups in total. The minimum atomic E-state index is 0.615. The van der Waals surface area contributed by atoms with Crippen LogP contribution < -0.4 is 0 Å². The Morgan fingerprint density at radius 3 is 2.67 bits per heavy atom. The van der Waals surface area contributed by atoms with Gasteiger partial charge in [-0.3, -0.25) is 4.98 Å². The van der Waals surface area contributed by atoms with Crippen molar-refractivity contribution < 1.29 is 0 Å². The van der Waals surface area contributed by atoms with Crippen molar-refractivity contribution in [3.8, 4) is 11.5 Å². The lowest BCUT2D eigenvalue weighted by molar-refractivity contribution is 0.812. The van der Waals surface area contributed by atoms with Crippen molar-refractivity contribution in [2.24, 2.45) is 0 Å². The van der Waals surface area contributed by atoms with Crippen LogP contribution in [0.4, 0.5) is 0 Å². The Bertz CT molecular complexity index is 933. The topological polar surface area (TPSA) is 56.0 Å². The van der Waals surface area contributed by atoms with Gasteiger partial charge in [-0.05, 0) is 30.5 Å². The predicted octanol–water partition coefficient (Wildman–Crippen LogP) is 3.06. The summed E-state index contributed by atoms with van der Waals surface area (Å²) in [6, 6.07) is 13.7. The average molecular weight is 293 g/mol. The summed E-state index contributed by atoms with van der Waals surface area (Å²) in [5, 5.41) is 6.37. The number of hydrogen-bond acceptors (Lipinski definition) is 5.